The van der Waals surface area contributed by atoms with Crippen molar-refractivity contribution in [2.24, 2.45) is 11.8 Å². The predicted octanol–water partition coefficient (Wildman–Crippen LogP) is 1.07. The molecule has 0 spiro atoms. The maximum Gasteiger partial charge on any atom is 0.318 e. The molecule has 2 N–H and O–H groups in total. The number of anilines is 1. The van der Waals surface area contributed by atoms with Crippen LogP contribution in [-0.4, -0.2) is 35.1 Å². The van der Waals surface area contributed by atoms with E-state index in [1.807, 2.05) is 0 Å². The van der Waals surface area contributed by atoms with Crippen LogP contribution < -0.4 is 4.90 Å². The minimum Gasteiger partial charge on any atom is -0.481 e. The first kappa shape index (κ1) is 14.7. The molecule has 0 saturated heterocycles. The van der Waals surface area contributed by atoms with Crippen LogP contribution >= 0.6 is 0 Å². The van der Waals surface area contributed by atoms with E-state index in [2.05, 4.69) is 0 Å². The average Bonchev–Trinajstić information content (AvgIpc) is 2.37. The van der Waals surface area contributed by atoms with Crippen LogP contribution in [0.5, 0.6) is 0 Å². The molecule has 0 saturated carbocycles. The van der Waals surface area contributed by atoms with E-state index in [4.69, 9.17) is 10.2 Å². The van der Waals surface area contributed by atoms with Gasteiger partial charge in [-0.1, -0.05) is 25.1 Å². The topological polar surface area (TPSA) is 94.9 Å². The van der Waals surface area contributed by atoms with Gasteiger partial charge in [-0.25, -0.2) is 0 Å². The zero-order valence-electron chi connectivity index (χ0n) is 10.6. The lowest BCUT2D eigenvalue weighted by Gasteiger charge is -2.23. The zero-order valence-corrected chi connectivity index (χ0v) is 10.6. The van der Waals surface area contributed by atoms with Crippen LogP contribution in [0.3, 0.4) is 0 Å². The Kier molecular flexibility index (Phi) is 4.63. The van der Waals surface area contributed by atoms with E-state index in [0.717, 1.165) is 0 Å². The fourth-order valence-corrected chi connectivity index (χ4v) is 1.76. The van der Waals surface area contributed by atoms with Crippen molar-refractivity contribution in [1.82, 2.24) is 0 Å². The third-order valence-electron chi connectivity index (χ3n) is 2.90. The van der Waals surface area contributed by atoms with Gasteiger partial charge >= 0.3 is 11.9 Å². The van der Waals surface area contributed by atoms with E-state index in [1.165, 1.54) is 18.9 Å². The highest BCUT2D eigenvalue weighted by Gasteiger charge is 2.37. The Balaban J connectivity index is 2.93. The molecular weight excluding hydrogens is 250 g/mol. The van der Waals surface area contributed by atoms with E-state index in [0.29, 0.717) is 5.69 Å². The molecule has 1 amide bonds. The molecule has 1 rings (SSSR count). The molecule has 1 unspecified atom stereocenters. The van der Waals surface area contributed by atoms with Gasteiger partial charge < -0.3 is 15.1 Å². The second-order valence-corrected chi connectivity index (χ2v) is 4.18. The molecule has 0 aliphatic carbocycles. The number of carbonyl (C=O) groups is 3. The lowest BCUT2D eigenvalue weighted by Crippen LogP contribution is -2.41. The van der Waals surface area contributed by atoms with Crippen molar-refractivity contribution in [3.63, 3.8) is 0 Å². The van der Waals surface area contributed by atoms with Crippen molar-refractivity contribution in [2.75, 3.05) is 11.9 Å². The van der Waals surface area contributed by atoms with Crippen molar-refractivity contribution < 1.29 is 24.6 Å². The van der Waals surface area contributed by atoms with Gasteiger partial charge in [0.15, 0.2) is 5.92 Å². The Morgan fingerprint density at radius 1 is 1.05 bits per heavy atom. The number of carboxylic acid groups (broad SMARTS) is 2. The largest absolute Gasteiger partial charge is 0.481 e. The maximum atomic E-state index is 12.1. The molecule has 0 radical (unpaired) electrons. The summed E-state index contributed by atoms with van der Waals surface area (Å²) in [6.07, 6.45) is 0. The standard InChI is InChI=1S/C13H15NO5/c1-8(10(12(16)17)13(18)19)11(15)14(2)9-6-4-3-5-7-9/h3-8,10H,1-2H3,(H,16,17)(H,18,19). The highest BCUT2D eigenvalue weighted by atomic mass is 16.4. The molecule has 0 aliphatic rings. The first-order valence-corrected chi connectivity index (χ1v) is 5.64. The third-order valence-corrected chi connectivity index (χ3v) is 2.90. The highest BCUT2D eigenvalue weighted by molar-refractivity contribution is 6.02. The van der Waals surface area contributed by atoms with Crippen LogP contribution in [0.4, 0.5) is 5.69 Å². The predicted molar refractivity (Wildman–Crippen MR) is 67.8 cm³/mol. The normalized spacial score (nSPS) is 11.9. The third kappa shape index (κ3) is 3.31. The van der Waals surface area contributed by atoms with E-state index in [-0.39, 0.29) is 0 Å². The van der Waals surface area contributed by atoms with Crippen LogP contribution in [0, 0.1) is 11.8 Å². The summed E-state index contributed by atoms with van der Waals surface area (Å²) in [5, 5.41) is 17.7. The molecule has 0 aromatic heterocycles. The molecule has 0 heterocycles. The first-order chi connectivity index (χ1) is 8.86. The van der Waals surface area contributed by atoms with Crippen LogP contribution in [-0.2, 0) is 14.4 Å². The van der Waals surface area contributed by atoms with Gasteiger partial charge in [0.1, 0.15) is 0 Å². The van der Waals surface area contributed by atoms with Crippen LogP contribution in [0.1, 0.15) is 6.92 Å². The molecule has 102 valence electrons. The summed E-state index contributed by atoms with van der Waals surface area (Å²) in [7, 11) is 1.48. The van der Waals surface area contributed by atoms with Gasteiger partial charge in [-0.15, -0.1) is 0 Å². The lowest BCUT2D eigenvalue weighted by molar-refractivity contribution is -0.159. The summed E-state index contributed by atoms with van der Waals surface area (Å²) < 4.78 is 0. The number of rotatable bonds is 5. The number of carbonyl (C=O) groups excluding carboxylic acids is 1. The van der Waals surface area contributed by atoms with Crippen LogP contribution in [0.25, 0.3) is 0 Å². The average molecular weight is 265 g/mol. The molecule has 0 aliphatic heterocycles. The molecule has 19 heavy (non-hydrogen) atoms. The van der Waals surface area contributed by atoms with Crippen molar-refractivity contribution in [1.29, 1.82) is 0 Å². The summed E-state index contributed by atoms with van der Waals surface area (Å²) in [6.45, 7) is 1.30. The van der Waals surface area contributed by atoms with Gasteiger partial charge in [-0.3, -0.25) is 14.4 Å². The molecule has 1 aromatic rings. The smallest absolute Gasteiger partial charge is 0.318 e. The van der Waals surface area contributed by atoms with Gasteiger partial charge in [0.2, 0.25) is 5.91 Å². The number of aliphatic carboxylic acids is 2. The number of carboxylic acids is 2. The van der Waals surface area contributed by atoms with Crippen molar-refractivity contribution in [3.8, 4) is 0 Å². The lowest BCUT2D eigenvalue weighted by atomic mass is 9.93. The molecule has 0 fully saturated rings. The minimum absolute atomic E-state index is 0.555. The number of hydrogen-bond acceptors (Lipinski definition) is 3. The summed E-state index contributed by atoms with van der Waals surface area (Å²) in [6, 6.07) is 8.61. The Labute approximate surface area is 110 Å². The fourth-order valence-electron chi connectivity index (χ4n) is 1.76. The van der Waals surface area contributed by atoms with E-state index < -0.39 is 29.7 Å². The Morgan fingerprint density at radius 3 is 1.95 bits per heavy atom. The van der Waals surface area contributed by atoms with Crippen molar-refractivity contribution >= 4 is 23.5 Å². The summed E-state index contributed by atoms with van der Waals surface area (Å²) in [4.78, 5) is 35.1. The Bertz CT molecular complexity index is 471. The summed E-state index contributed by atoms with van der Waals surface area (Å²) in [5.74, 6) is -6.50. The van der Waals surface area contributed by atoms with Gasteiger partial charge in [-0.2, -0.15) is 0 Å². The Morgan fingerprint density at radius 2 is 1.53 bits per heavy atom. The summed E-state index contributed by atoms with van der Waals surface area (Å²) in [5.41, 5.74) is 0.578. The van der Waals surface area contributed by atoms with Gasteiger partial charge in [0.25, 0.3) is 0 Å². The van der Waals surface area contributed by atoms with E-state index in [1.54, 1.807) is 30.3 Å². The highest BCUT2D eigenvalue weighted by Crippen LogP contribution is 2.19. The SMILES string of the molecule is CC(C(=O)N(C)c1ccccc1)C(C(=O)O)C(=O)O. The second kappa shape index (κ2) is 5.99. The zero-order chi connectivity index (χ0) is 14.6. The van der Waals surface area contributed by atoms with Gasteiger partial charge in [-0.05, 0) is 12.1 Å². The van der Waals surface area contributed by atoms with E-state index >= 15 is 0 Å². The maximum absolute atomic E-state index is 12.1. The number of benzene rings is 1. The number of amides is 1. The van der Waals surface area contributed by atoms with Crippen molar-refractivity contribution in [2.45, 2.75) is 6.92 Å². The molecular formula is C13H15NO5. The second-order valence-electron chi connectivity index (χ2n) is 4.18. The Hall–Kier alpha value is -2.37. The van der Waals surface area contributed by atoms with Gasteiger partial charge in [0.05, 0.1) is 5.92 Å². The first-order valence-electron chi connectivity index (χ1n) is 5.64. The number of nitrogens with zero attached hydrogens (tertiary/aromatic N) is 1. The van der Waals surface area contributed by atoms with Crippen LogP contribution in [0.15, 0.2) is 30.3 Å². The molecule has 0 bridgehead atoms. The minimum atomic E-state index is -1.75. The van der Waals surface area contributed by atoms with Crippen LogP contribution in [0.2, 0.25) is 0 Å². The number of para-hydroxylation sites is 1. The quantitative estimate of drug-likeness (QED) is 0.776. The number of hydrogen-bond donors (Lipinski definition) is 2. The molecule has 6 nitrogen and oxygen atoms in total. The molecule has 1 atom stereocenters. The summed E-state index contributed by atoms with van der Waals surface area (Å²) >= 11 is 0. The fraction of sp³-hybridized carbons (Fsp3) is 0.308. The molecule has 1 aromatic carbocycles. The monoisotopic (exact) mass is 265 g/mol. The molecule has 6 heteroatoms. The van der Waals surface area contributed by atoms with E-state index in [9.17, 15) is 14.4 Å². The van der Waals surface area contributed by atoms with Gasteiger partial charge in [0, 0.05) is 12.7 Å². The van der Waals surface area contributed by atoms with Crippen molar-refractivity contribution in [3.05, 3.63) is 30.3 Å².